The number of rotatable bonds is 10. The molecular weight excluding hydrogens is 256 g/mol. The van der Waals surface area contributed by atoms with Crippen LogP contribution in [-0.2, 0) is 4.74 Å². The summed E-state index contributed by atoms with van der Waals surface area (Å²) in [4.78, 5) is 11.8. The van der Waals surface area contributed by atoms with Crippen molar-refractivity contribution in [3.63, 3.8) is 0 Å². The Morgan fingerprint density at radius 3 is 2.55 bits per heavy atom. The van der Waals surface area contributed by atoms with Gasteiger partial charge in [0.05, 0.1) is 6.61 Å². The van der Waals surface area contributed by atoms with E-state index in [4.69, 9.17) is 9.47 Å². The molecule has 1 amide bonds. The third kappa shape index (κ3) is 6.54. The highest BCUT2D eigenvalue weighted by Gasteiger charge is 2.04. The minimum atomic E-state index is -0.0613. The third-order valence-electron chi connectivity index (χ3n) is 2.72. The molecule has 0 atom stereocenters. The molecule has 0 spiro atoms. The molecule has 0 saturated heterocycles. The summed E-state index contributed by atoms with van der Waals surface area (Å²) in [5, 5.41) is 6.01. The first-order valence-electron chi connectivity index (χ1n) is 6.98. The summed E-state index contributed by atoms with van der Waals surface area (Å²) in [6.07, 6.45) is 0.850. The molecule has 112 valence electrons. The van der Waals surface area contributed by atoms with Gasteiger partial charge in [-0.25, -0.2) is 0 Å². The second-order valence-corrected chi connectivity index (χ2v) is 4.33. The number of benzene rings is 1. The van der Waals surface area contributed by atoms with Gasteiger partial charge in [-0.05, 0) is 30.8 Å². The van der Waals surface area contributed by atoms with Crippen LogP contribution in [0.5, 0.6) is 5.75 Å². The van der Waals surface area contributed by atoms with Gasteiger partial charge in [0.25, 0.3) is 5.91 Å². The van der Waals surface area contributed by atoms with Crippen molar-refractivity contribution >= 4 is 5.91 Å². The van der Waals surface area contributed by atoms with Crippen molar-refractivity contribution in [1.29, 1.82) is 0 Å². The Hall–Kier alpha value is -1.59. The summed E-state index contributed by atoms with van der Waals surface area (Å²) in [6.45, 7) is 5.65. The minimum absolute atomic E-state index is 0.0613. The molecule has 1 aromatic rings. The molecule has 0 unspecified atom stereocenters. The van der Waals surface area contributed by atoms with Crippen molar-refractivity contribution in [2.24, 2.45) is 0 Å². The monoisotopic (exact) mass is 280 g/mol. The molecule has 0 fully saturated rings. The zero-order valence-electron chi connectivity index (χ0n) is 12.3. The Kier molecular flexibility index (Phi) is 8.42. The maximum atomic E-state index is 11.8. The number of carbonyl (C=O) groups is 1. The summed E-state index contributed by atoms with van der Waals surface area (Å²) in [6, 6.07) is 7.17. The molecule has 5 heteroatoms. The quantitative estimate of drug-likeness (QED) is 0.637. The van der Waals surface area contributed by atoms with Gasteiger partial charge < -0.3 is 20.1 Å². The molecule has 0 aliphatic heterocycles. The Bertz CT molecular complexity index is 379. The van der Waals surface area contributed by atoms with Crippen molar-refractivity contribution < 1.29 is 14.3 Å². The lowest BCUT2D eigenvalue weighted by atomic mass is 10.2. The lowest BCUT2D eigenvalue weighted by Crippen LogP contribution is -2.31. The summed E-state index contributed by atoms with van der Waals surface area (Å²) >= 11 is 0. The molecule has 5 nitrogen and oxygen atoms in total. The summed E-state index contributed by atoms with van der Waals surface area (Å²) in [5.74, 6) is 0.708. The van der Waals surface area contributed by atoms with Crippen LogP contribution in [0.2, 0.25) is 0 Å². The van der Waals surface area contributed by atoms with Crippen molar-refractivity contribution in [3.05, 3.63) is 29.8 Å². The topological polar surface area (TPSA) is 59.6 Å². The summed E-state index contributed by atoms with van der Waals surface area (Å²) in [5.41, 5.74) is 0.644. The van der Waals surface area contributed by atoms with Gasteiger partial charge in [-0.2, -0.15) is 0 Å². The van der Waals surface area contributed by atoms with E-state index in [1.165, 1.54) is 0 Å². The Morgan fingerprint density at radius 1 is 1.15 bits per heavy atom. The zero-order valence-corrected chi connectivity index (χ0v) is 12.3. The van der Waals surface area contributed by atoms with E-state index < -0.39 is 0 Å². The highest BCUT2D eigenvalue weighted by atomic mass is 16.5. The lowest BCUT2D eigenvalue weighted by Gasteiger charge is -2.08. The molecule has 0 saturated carbocycles. The first kappa shape index (κ1) is 16.5. The van der Waals surface area contributed by atoms with E-state index >= 15 is 0 Å². The molecule has 0 aromatic heterocycles. The predicted octanol–water partition coefficient (Wildman–Crippen LogP) is 1.44. The fourth-order valence-corrected chi connectivity index (χ4v) is 1.64. The van der Waals surface area contributed by atoms with E-state index in [9.17, 15) is 4.79 Å². The second kappa shape index (κ2) is 10.2. The van der Waals surface area contributed by atoms with Crippen LogP contribution in [0.3, 0.4) is 0 Å². The third-order valence-corrected chi connectivity index (χ3v) is 2.72. The number of hydrogen-bond acceptors (Lipinski definition) is 4. The summed E-state index contributed by atoms with van der Waals surface area (Å²) < 4.78 is 10.5. The number of methoxy groups -OCH3 is 1. The van der Waals surface area contributed by atoms with E-state index in [1.807, 2.05) is 19.1 Å². The van der Waals surface area contributed by atoms with Crippen LogP contribution in [-0.4, -0.2) is 45.9 Å². The second-order valence-electron chi connectivity index (χ2n) is 4.33. The van der Waals surface area contributed by atoms with E-state index in [0.29, 0.717) is 25.3 Å². The first-order chi connectivity index (χ1) is 9.77. The molecule has 0 radical (unpaired) electrons. The number of nitrogens with one attached hydrogen (secondary N) is 2. The minimum Gasteiger partial charge on any atom is -0.494 e. The van der Waals surface area contributed by atoms with Crippen LogP contribution in [0.25, 0.3) is 0 Å². The van der Waals surface area contributed by atoms with Crippen molar-refractivity contribution in [2.45, 2.75) is 13.3 Å². The molecular formula is C15H24N2O3. The fourth-order valence-electron chi connectivity index (χ4n) is 1.64. The van der Waals surface area contributed by atoms with Crippen LogP contribution in [0.4, 0.5) is 0 Å². The predicted molar refractivity (Wildman–Crippen MR) is 79.3 cm³/mol. The summed E-state index contributed by atoms with van der Waals surface area (Å²) in [7, 11) is 1.67. The van der Waals surface area contributed by atoms with Gasteiger partial charge in [0.1, 0.15) is 5.75 Å². The highest BCUT2D eigenvalue weighted by molar-refractivity contribution is 5.94. The zero-order chi connectivity index (χ0) is 14.6. The molecule has 1 aromatic carbocycles. The molecule has 0 aliphatic rings. The van der Waals surface area contributed by atoms with Crippen molar-refractivity contribution in [3.8, 4) is 5.75 Å². The van der Waals surface area contributed by atoms with Gasteiger partial charge in [0.15, 0.2) is 0 Å². The molecule has 0 aliphatic carbocycles. The number of likely N-dealkylation sites (N-methyl/N-ethyl adjacent to an activating group) is 1. The van der Waals surface area contributed by atoms with E-state index in [0.717, 1.165) is 25.3 Å². The average molecular weight is 280 g/mol. The number of ether oxygens (including phenoxy) is 2. The highest BCUT2D eigenvalue weighted by Crippen LogP contribution is 2.12. The molecule has 0 bridgehead atoms. The fraction of sp³-hybridized carbons (Fsp3) is 0.533. The van der Waals surface area contributed by atoms with Gasteiger partial charge in [0, 0.05) is 38.8 Å². The number of amides is 1. The first-order valence-corrected chi connectivity index (χ1v) is 6.98. The van der Waals surface area contributed by atoms with Gasteiger partial charge in [-0.15, -0.1) is 0 Å². The van der Waals surface area contributed by atoms with Crippen LogP contribution in [0, 0.1) is 0 Å². The molecule has 0 heterocycles. The Balaban J connectivity index is 2.31. The maximum absolute atomic E-state index is 11.8. The van der Waals surface area contributed by atoms with Gasteiger partial charge in [0.2, 0.25) is 0 Å². The van der Waals surface area contributed by atoms with Crippen LogP contribution >= 0.6 is 0 Å². The number of hydrogen-bond donors (Lipinski definition) is 2. The molecule has 20 heavy (non-hydrogen) atoms. The van der Waals surface area contributed by atoms with Crippen molar-refractivity contribution in [2.75, 3.05) is 40.0 Å². The van der Waals surface area contributed by atoms with Gasteiger partial charge in [-0.1, -0.05) is 6.92 Å². The lowest BCUT2D eigenvalue weighted by molar-refractivity contribution is 0.0954. The SMILES string of the molecule is CCNCCNC(=O)c1ccc(OCCCOC)cc1. The normalized spacial score (nSPS) is 10.3. The van der Waals surface area contributed by atoms with E-state index in [2.05, 4.69) is 10.6 Å². The maximum Gasteiger partial charge on any atom is 0.251 e. The Labute approximate surface area is 120 Å². The van der Waals surface area contributed by atoms with Crippen LogP contribution < -0.4 is 15.4 Å². The average Bonchev–Trinajstić information content (AvgIpc) is 2.48. The van der Waals surface area contributed by atoms with Gasteiger partial charge >= 0.3 is 0 Å². The smallest absolute Gasteiger partial charge is 0.251 e. The molecule has 2 N–H and O–H groups in total. The van der Waals surface area contributed by atoms with Crippen molar-refractivity contribution in [1.82, 2.24) is 10.6 Å². The van der Waals surface area contributed by atoms with E-state index in [1.54, 1.807) is 19.2 Å². The van der Waals surface area contributed by atoms with Gasteiger partial charge in [-0.3, -0.25) is 4.79 Å². The largest absolute Gasteiger partial charge is 0.494 e. The molecule has 1 rings (SSSR count). The Morgan fingerprint density at radius 2 is 1.90 bits per heavy atom. The van der Waals surface area contributed by atoms with Crippen LogP contribution in [0.1, 0.15) is 23.7 Å². The standard InChI is InChI=1S/C15H24N2O3/c1-3-16-9-10-17-15(18)13-5-7-14(8-6-13)20-12-4-11-19-2/h5-8,16H,3-4,9-12H2,1-2H3,(H,17,18). The van der Waals surface area contributed by atoms with Crippen LogP contribution in [0.15, 0.2) is 24.3 Å². The van der Waals surface area contributed by atoms with E-state index in [-0.39, 0.29) is 5.91 Å². The number of carbonyl (C=O) groups excluding carboxylic acids is 1.